The third-order valence-electron chi connectivity index (χ3n) is 0.664. The summed E-state index contributed by atoms with van der Waals surface area (Å²) in [5.74, 6) is 0. The molecular formula is C8H21NO. The minimum absolute atomic E-state index is 0.234. The van der Waals surface area contributed by atoms with Crippen LogP contribution in [-0.2, 0) is 0 Å². The normalized spacial score (nSPS) is 9.00. The van der Waals surface area contributed by atoms with Gasteiger partial charge < -0.3 is 10.4 Å². The summed E-state index contributed by atoms with van der Waals surface area (Å²) in [6.07, 6.45) is 1.25. The SMILES string of the molecule is CC(C)NCCO.CCC. The minimum Gasteiger partial charge on any atom is -0.395 e. The molecule has 0 saturated carbocycles. The third kappa shape index (κ3) is 24.7. The Balaban J connectivity index is 0. The Labute approximate surface area is 64.6 Å². The van der Waals surface area contributed by atoms with Crippen molar-refractivity contribution in [2.75, 3.05) is 13.2 Å². The van der Waals surface area contributed by atoms with Gasteiger partial charge in [0.25, 0.3) is 0 Å². The van der Waals surface area contributed by atoms with Gasteiger partial charge in [0.15, 0.2) is 0 Å². The van der Waals surface area contributed by atoms with Gasteiger partial charge in [-0.2, -0.15) is 0 Å². The molecule has 0 aromatic carbocycles. The highest BCUT2D eigenvalue weighted by atomic mass is 16.3. The zero-order chi connectivity index (χ0) is 8.41. The largest absolute Gasteiger partial charge is 0.395 e. The molecule has 0 heterocycles. The average molecular weight is 147 g/mol. The third-order valence-corrected chi connectivity index (χ3v) is 0.664. The number of aliphatic hydroxyl groups excluding tert-OH is 1. The number of nitrogens with one attached hydrogen (secondary N) is 1. The first-order valence-corrected chi connectivity index (χ1v) is 4.03. The van der Waals surface area contributed by atoms with E-state index >= 15 is 0 Å². The van der Waals surface area contributed by atoms with E-state index in [1.54, 1.807) is 0 Å². The molecule has 2 nitrogen and oxygen atoms in total. The van der Waals surface area contributed by atoms with Crippen LogP contribution in [0.2, 0.25) is 0 Å². The lowest BCUT2D eigenvalue weighted by atomic mass is 10.4. The molecule has 0 aliphatic carbocycles. The Hall–Kier alpha value is -0.0800. The molecule has 64 valence electrons. The van der Waals surface area contributed by atoms with E-state index in [-0.39, 0.29) is 6.61 Å². The highest BCUT2D eigenvalue weighted by molar-refractivity contribution is 4.49. The Morgan fingerprint density at radius 2 is 1.70 bits per heavy atom. The molecule has 0 atom stereocenters. The van der Waals surface area contributed by atoms with Crippen molar-refractivity contribution in [2.24, 2.45) is 0 Å². The van der Waals surface area contributed by atoms with Crippen molar-refractivity contribution in [3.05, 3.63) is 0 Å². The highest BCUT2D eigenvalue weighted by Crippen LogP contribution is 1.71. The van der Waals surface area contributed by atoms with Crippen molar-refractivity contribution in [3.8, 4) is 0 Å². The molecule has 0 rings (SSSR count). The van der Waals surface area contributed by atoms with Crippen LogP contribution in [0.3, 0.4) is 0 Å². The lowest BCUT2D eigenvalue weighted by molar-refractivity contribution is 0.287. The molecular weight excluding hydrogens is 126 g/mol. The zero-order valence-corrected chi connectivity index (χ0v) is 7.65. The smallest absolute Gasteiger partial charge is 0.0556 e. The maximum absolute atomic E-state index is 8.25. The fourth-order valence-electron chi connectivity index (χ4n) is 0.353. The van der Waals surface area contributed by atoms with Gasteiger partial charge in [-0.05, 0) is 0 Å². The van der Waals surface area contributed by atoms with Gasteiger partial charge >= 0.3 is 0 Å². The summed E-state index contributed by atoms with van der Waals surface area (Å²) in [5, 5.41) is 11.3. The van der Waals surface area contributed by atoms with Crippen molar-refractivity contribution >= 4 is 0 Å². The number of hydrogen-bond donors (Lipinski definition) is 2. The van der Waals surface area contributed by atoms with Gasteiger partial charge in [-0.3, -0.25) is 0 Å². The highest BCUT2D eigenvalue weighted by Gasteiger charge is 1.86. The van der Waals surface area contributed by atoms with Crippen LogP contribution >= 0.6 is 0 Å². The van der Waals surface area contributed by atoms with Crippen LogP contribution in [0.15, 0.2) is 0 Å². The van der Waals surface area contributed by atoms with Gasteiger partial charge in [-0.1, -0.05) is 34.1 Å². The van der Waals surface area contributed by atoms with Crippen LogP contribution in [0, 0.1) is 0 Å². The second-order valence-electron chi connectivity index (χ2n) is 2.54. The van der Waals surface area contributed by atoms with Gasteiger partial charge in [0.1, 0.15) is 0 Å². The fourth-order valence-corrected chi connectivity index (χ4v) is 0.353. The summed E-state index contributed by atoms with van der Waals surface area (Å²) in [6, 6.07) is 0.493. The summed E-state index contributed by atoms with van der Waals surface area (Å²) in [4.78, 5) is 0. The lowest BCUT2D eigenvalue weighted by Gasteiger charge is -2.03. The Morgan fingerprint density at radius 3 is 1.80 bits per heavy atom. The molecule has 0 amide bonds. The Morgan fingerprint density at radius 1 is 1.30 bits per heavy atom. The van der Waals surface area contributed by atoms with Gasteiger partial charge in [-0.15, -0.1) is 0 Å². The van der Waals surface area contributed by atoms with Crippen LogP contribution in [0.5, 0.6) is 0 Å². The molecule has 0 unspecified atom stereocenters. The topological polar surface area (TPSA) is 32.3 Å². The first kappa shape index (κ1) is 12.6. The number of aliphatic hydroxyl groups is 1. The number of hydrogen-bond acceptors (Lipinski definition) is 2. The van der Waals surface area contributed by atoms with E-state index in [1.165, 1.54) is 6.42 Å². The van der Waals surface area contributed by atoms with Crippen molar-refractivity contribution in [1.29, 1.82) is 0 Å². The summed E-state index contributed by atoms with van der Waals surface area (Å²) < 4.78 is 0. The first-order chi connectivity index (χ1) is 4.68. The zero-order valence-electron chi connectivity index (χ0n) is 7.65. The second kappa shape index (κ2) is 11.7. The fraction of sp³-hybridized carbons (Fsp3) is 1.00. The second-order valence-corrected chi connectivity index (χ2v) is 2.54. The summed E-state index contributed by atoms with van der Waals surface area (Å²) >= 11 is 0. The Kier molecular flexibility index (Phi) is 14.7. The number of rotatable bonds is 3. The molecule has 0 bridgehead atoms. The van der Waals surface area contributed by atoms with E-state index in [4.69, 9.17) is 5.11 Å². The monoisotopic (exact) mass is 147 g/mol. The first-order valence-electron chi connectivity index (χ1n) is 4.03. The lowest BCUT2D eigenvalue weighted by Crippen LogP contribution is -2.25. The van der Waals surface area contributed by atoms with E-state index in [9.17, 15) is 0 Å². The van der Waals surface area contributed by atoms with Crippen LogP contribution in [0.25, 0.3) is 0 Å². The van der Waals surface area contributed by atoms with Crippen LogP contribution in [-0.4, -0.2) is 24.3 Å². The molecule has 0 aromatic rings. The maximum atomic E-state index is 8.25. The average Bonchev–Trinajstić information content (AvgIpc) is 1.85. The van der Waals surface area contributed by atoms with Gasteiger partial charge in [0.2, 0.25) is 0 Å². The molecule has 0 aliphatic heterocycles. The molecule has 0 aromatic heterocycles. The predicted molar refractivity (Wildman–Crippen MR) is 46.2 cm³/mol. The molecule has 2 N–H and O–H groups in total. The molecule has 0 spiro atoms. The molecule has 0 aliphatic rings. The van der Waals surface area contributed by atoms with E-state index in [0.717, 1.165) is 0 Å². The van der Waals surface area contributed by atoms with Crippen LogP contribution < -0.4 is 5.32 Å². The minimum atomic E-state index is 0.234. The molecule has 0 fully saturated rings. The maximum Gasteiger partial charge on any atom is 0.0556 e. The van der Waals surface area contributed by atoms with E-state index in [2.05, 4.69) is 33.0 Å². The van der Waals surface area contributed by atoms with Gasteiger partial charge in [-0.25, -0.2) is 0 Å². The Bertz CT molecular complexity index is 46.5. The molecule has 10 heavy (non-hydrogen) atoms. The van der Waals surface area contributed by atoms with Gasteiger partial charge in [0.05, 0.1) is 6.61 Å². The standard InChI is InChI=1S/C5H13NO.C3H8/c1-5(2)6-3-4-7;1-3-2/h5-7H,3-4H2,1-2H3;3H2,1-2H3. The molecule has 0 saturated heterocycles. The summed E-state index contributed by atoms with van der Waals surface area (Å²) in [7, 11) is 0. The summed E-state index contributed by atoms with van der Waals surface area (Å²) in [6.45, 7) is 9.29. The van der Waals surface area contributed by atoms with E-state index < -0.39 is 0 Å². The van der Waals surface area contributed by atoms with E-state index in [0.29, 0.717) is 12.6 Å². The van der Waals surface area contributed by atoms with Gasteiger partial charge in [0, 0.05) is 12.6 Å². The van der Waals surface area contributed by atoms with Crippen molar-refractivity contribution in [1.82, 2.24) is 5.32 Å². The van der Waals surface area contributed by atoms with Crippen molar-refractivity contribution in [2.45, 2.75) is 40.2 Å². The van der Waals surface area contributed by atoms with Crippen molar-refractivity contribution in [3.63, 3.8) is 0 Å². The predicted octanol–water partition coefficient (Wildman–Crippen LogP) is 1.39. The van der Waals surface area contributed by atoms with Crippen LogP contribution in [0.4, 0.5) is 0 Å². The van der Waals surface area contributed by atoms with Crippen molar-refractivity contribution < 1.29 is 5.11 Å². The molecule has 2 heteroatoms. The quantitative estimate of drug-likeness (QED) is 0.632. The van der Waals surface area contributed by atoms with Crippen LogP contribution in [0.1, 0.15) is 34.1 Å². The summed E-state index contributed by atoms with van der Waals surface area (Å²) in [5.41, 5.74) is 0. The van der Waals surface area contributed by atoms with E-state index in [1.807, 2.05) is 0 Å². The molecule has 0 radical (unpaired) electrons.